The van der Waals surface area contributed by atoms with Crippen LogP contribution < -0.4 is 10.6 Å². The summed E-state index contributed by atoms with van der Waals surface area (Å²) in [6, 6.07) is -2.30. The Morgan fingerprint density at radius 3 is 2.35 bits per heavy atom. The maximum Gasteiger partial charge on any atom is 0.328 e. The Hall–Kier alpha value is -1.83. The minimum Gasteiger partial charge on any atom is -0.480 e. The highest BCUT2D eigenvalue weighted by atomic mass is 16.5. The number of aliphatic hydroxyl groups excluding tert-OH is 1. The molecule has 0 heterocycles. The lowest BCUT2D eigenvalue weighted by atomic mass is 10.2. The predicted molar refractivity (Wildman–Crippen MR) is 56.3 cm³/mol. The number of amides is 2. The van der Waals surface area contributed by atoms with Crippen LogP contribution in [0.5, 0.6) is 0 Å². The van der Waals surface area contributed by atoms with Crippen LogP contribution in [0.2, 0.25) is 0 Å². The van der Waals surface area contributed by atoms with E-state index in [0.29, 0.717) is 0 Å². The van der Waals surface area contributed by atoms with Crippen LogP contribution in [0.1, 0.15) is 13.8 Å². The van der Waals surface area contributed by atoms with Crippen molar-refractivity contribution in [2.24, 2.45) is 0 Å². The topological polar surface area (TPSA) is 125 Å². The number of hydrogen-bond acceptors (Lipinski definition) is 5. The van der Waals surface area contributed by atoms with Gasteiger partial charge in [-0.1, -0.05) is 0 Å². The molecule has 0 spiro atoms. The Balaban J connectivity index is 4.07. The van der Waals surface area contributed by atoms with E-state index in [9.17, 15) is 14.4 Å². The zero-order valence-corrected chi connectivity index (χ0v) is 9.60. The first-order valence-corrected chi connectivity index (χ1v) is 4.99. The fourth-order valence-electron chi connectivity index (χ4n) is 0.945. The van der Waals surface area contributed by atoms with Crippen LogP contribution in [-0.4, -0.2) is 53.5 Å². The summed E-state index contributed by atoms with van der Waals surface area (Å²) in [6.07, 6.45) is -1.25. The van der Waals surface area contributed by atoms with Crippen molar-refractivity contribution < 1.29 is 29.3 Å². The van der Waals surface area contributed by atoms with Gasteiger partial charge in [0.05, 0.1) is 12.7 Å². The lowest BCUT2D eigenvalue weighted by Crippen LogP contribution is -2.51. The summed E-state index contributed by atoms with van der Waals surface area (Å²) in [4.78, 5) is 32.7. The minimum atomic E-state index is -1.43. The predicted octanol–water partition coefficient (Wildman–Crippen LogP) is -1.32. The average molecular weight is 248 g/mol. The molecule has 17 heavy (non-hydrogen) atoms. The van der Waals surface area contributed by atoms with Crippen LogP contribution in [-0.2, 0) is 14.3 Å². The molecule has 2 amide bonds. The number of aliphatic carboxylic acids is 1. The number of ether oxygens (including phenoxy) is 1. The molecule has 0 aliphatic heterocycles. The third-order valence-electron chi connectivity index (χ3n) is 1.73. The van der Waals surface area contributed by atoms with Gasteiger partial charge in [0, 0.05) is 0 Å². The van der Waals surface area contributed by atoms with Gasteiger partial charge in [0.2, 0.25) is 0 Å². The summed E-state index contributed by atoms with van der Waals surface area (Å²) in [7, 11) is 0. The van der Waals surface area contributed by atoms with Gasteiger partial charge in [-0.2, -0.15) is 0 Å². The van der Waals surface area contributed by atoms with E-state index >= 15 is 0 Å². The quantitative estimate of drug-likeness (QED) is 0.432. The van der Waals surface area contributed by atoms with Crippen molar-refractivity contribution in [3.8, 4) is 0 Å². The molecule has 2 unspecified atom stereocenters. The van der Waals surface area contributed by atoms with Crippen LogP contribution >= 0.6 is 0 Å². The average Bonchev–Trinajstić information content (AvgIpc) is 2.22. The molecule has 0 aromatic heterocycles. The van der Waals surface area contributed by atoms with E-state index in [1.54, 1.807) is 6.92 Å². The van der Waals surface area contributed by atoms with Gasteiger partial charge in [0.15, 0.2) is 6.04 Å². The van der Waals surface area contributed by atoms with Gasteiger partial charge >= 0.3 is 18.0 Å². The molecular weight excluding hydrogens is 232 g/mol. The Labute approximate surface area is 97.9 Å². The zero-order valence-electron chi connectivity index (χ0n) is 9.60. The minimum absolute atomic E-state index is 0.188. The van der Waals surface area contributed by atoms with Crippen molar-refractivity contribution in [2.45, 2.75) is 26.0 Å². The number of carbonyl (C=O) groups is 3. The third kappa shape index (κ3) is 6.36. The molecule has 0 saturated carbocycles. The molecule has 0 aromatic rings. The molecule has 0 aliphatic rings. The highest BCUT2D eigenvalue weighted by Gasteiger charge is 2.24. The van der Waals surface area contributed by atoms with Gasteiger partial charge in [0.25, 0.3) is 0 Å². The highest BCUT2D eigenvalue weighted by molar-refractivity contribution is 5.85. The van der Waals surface area contributed by atoms with E-state index in [4.69, 9.17) is 10.2 Å². The molecular formula is C9H16N2O6. The van der Waals surface area contributed by atoms with E-state index in [1.807, 2.05) is 5.32 Å². The second-order valence-electron chi connectivity index (χ2n) is 3.19. The van der Waals surface area contributed by atoms with Crippen molar-refractivity contribution in [2.75, 3.05) is 13.2 Å². The van der Waals surface area contributed by atoms with Gasteiger partial charge in [-0.15, -0.1) is 0 Å². The van der Waals surface area contributed by atoms with Crippen LogP contribution in [0.25, 0.3) is 0 Å². The van der Waals surface area contributed by atoms with E-state index < -0.39 is 30.1 Å². The van der Waals surface area contributed by atoms with Crippen molar-refractivity contribution in [1.29, 1.82) is 0 Å². The van der Waals surface area contributed by atoms with Crippen molar-refractivity contribution in [1.82, 2.24) is 10.6 Å². The number of hydrogen-bond donors (Lipinski definition) is 4. The van der Waals surface area contributed by atoms with Crippen molar-refractivity contribution >= 4 is 18.0 Å². The number of carboxylic acid groups (broad SMARTS) is 1. The SMILES string of the molecule is CCOC(=O)CNC(=O)NC(C(=O)O)C(C)O. The Morgan fingerprint density at radius 1 is 1.35 bits per heavy atom. The summed E-state index contributed by atoms with van der Waals surface area (Å²) in [5.74, 6) is -2.00. The molecule has 0 aliphatic carbocycles. The number of carboxylic acids is 1. The smallest absolute Gasteiger partial charge is 0.328 e. The summed E-state index contributed by atoms with van der Waals surface area (Å²) in [5.41, 5.74) is 0. The second-order valence-corrected chi connectivity index (χ2v) is 3.19. The van der Waals surface area contributed by atoms with Crippen LogP contribution in [0.4, 0.5) is 4.79 Å². The van der Waals surface area contributed by atoms with Crippen molar-refractivity contribution in [3.05, 3.63) is 0 Å². The number of esters is 1. The van der Waals surface area contributed by atoms with E-state index in [1.165, 1.54) is 6.92 Å². The van der Waals surface area contributed by atoms with Gasteiger partial charge < -0.3 is 25.6 Å². The number of carbonyl (C=O) groups excluding carboxylic acids is 2. The summed E-state index contributed by atoms with van der Waals surface area (Å²) < 4.78 is 4.55. The Bertz CT molecular complexity index is 291. The largest absolute Gasteiger partial charge is 0.480 e. The molecule has 0 saturated heterocycles. The molecule has 8 heteroatoms. The molecule has 0 fully saturated rings. The van der Waals surface area contributed by atoms with Crippen LogP contribution in [0, 0.1) is 0 Å². The first-order valence-electron chi connectivity index (χ1n) is 4.99. The molecule has 0 radical (unpaired) electrons. The van der Waals surface area contributed by atoms with Crippen molar-refractivity contribution in [3.63, 3.8) is 0 Å². The molecule has 0 bridgehead atoms. The molecule has 0 aromatic carbocycles. The lowest BCUT2D eigenvalue weighted by molar-refractivity contribution is -0.142. The van der Waals surface area contributed by atoms with Gasteiger partial charge in [-0.05, 0) is 13.8 Å². The molecule has 0 rings (SSSR count). The van der Waals surface area contributed by atoms with E-state index in [-0.39, 0.29) is 13.2 Å². The molecule has 4 N–H and O–H groups in total. The Kier molecular flexibility index (Phi) is 6.64. The molecule has 8 nitrogen and oxygen atoms in total. The van der Waals surface area contributed by atoms with Gasteiger partial charge in [0.1, 0.15) is 6.54 Å². The highest BCUT2D eigenvalue weighted by Crippen LogP contribution is 1.92. The van der Waals surface area contributed by atoms with Crippen LogP contribution in [0.3, 0.4) is 0 Å². The maximum absolute atomic E-state index is 11.2. The zero-order chi connectivity index (χ0) is 13.4. The fraction of sp³-hybridized carbons (Fsp3) is 0.667. The third-order valence-corrected chi connectivity index (χ3v) is 1.73. The van der Waals surface area contributed by atoms with Gasteiger partial charge in [-0.3, -0.25) is 4.79 Å². The van der Waals surface area contributed by atoms with Gasteiger partial charge in [-0.25, -0.2) is 9.59 Å². The maximum atomic E-state index is 11.2. The second kappa shape index (κ2) is 7.44. The number of nitrogens with one attached hydrogen (secondary N) is 2. The standard InChI is InChI=1S/C9H16N2O6/c1-3-17-6(13)4-10-9(16)11-7(5(2)12)8(14)15/h5,7,12H,3-4H2,1-2H3,(H,14,15)(H2,10,11,16). The number of rotatable bonds is 6. The van der Waals surface area contributed by atoms with E-state index in [2.05, 4.69) is 10.1 Å². The normalized spacial score (nSPS) is 13.4. The number of urea groups is 1. The monoisotopic (exact) mass is 248 g/mol. The van der Waals surface area contributed by atoms with Crippen LogP contribution in [0.15, 0.2) is 0 Å². The number of aliphatic hydroxyl groups is 1. The lowest BCUT2D eigenvalue weighted by Gasteiger charge is -2.17. The first kappa shape index (κ1) is 15.2. The first-order chi connectivity index (χ1) is 7.88. The Morgan fingerprint density at radius 2 is 1.94 bits per heavy atom. The fourth-order valence-corrected chi connectivity index (χ4v) is 0.945. The van der Waals surface area contributed by atoms with E-state index in [0.717, 1.165) is 0 Å². The summed E-state index contributed by atoms with van der Waals surface area (Å²) in [6.45, 7) is 2.66. The molecule has 98 valence electrons. The summed E-state index contributed by atoms with van der Waals surface area (Å²) in [5, 5.41) is 21.9. The molecule has 2 atom stereocenters. The summed E-state index contributed by atoms with van der Waals surface area (Å²) >= 11 is 0.